The summed E-state index contributed by atoms with van der Waals surface area (Å²) in [6, 6.07) is 3.89. The van der Waals surface area contributed by atoms with E-state index in [1.165, 1.54) is 0 Å². The number of benzene rings is 1. The molecule has 1 heterocycles. The second-order valence-corrected chi connectivity index (χ2v) is 4.73. The highest BCUT2D eigenvalue weighted by Crippen LogP contribution is 2.35. The SMILES string of the molecule is COc1cc(Br)cc(C2=NCCN2C)c1OC. The first-order valence-corrected chi connectivity index (χ1v) is 6.14. The van der Waals surface area contributed by atoms with Crippen molar-refractivity contribution in [3.63, 3.8) is 0 Å². The molecule has 0 amide bonds. The minimum Gasteiger partial charge on any atom is -0.493 e. The molecule has 2 rings (SSSR count). The zero-order valence-electron chi connectivity index (χ0n) is 10.2. The summed E-state index contributed by atoms with van der Waals surface area (Å²) in [7, 11) is 5.30. The Kier molecular flexibility index (Phi) is 3.57. The number of amidine groups is 1. The molecule has 1 aliphatic rings. The maximum absolute atomic E-state index is 5.43. The molecule has 0 unspecified atom stereocenters. The molecule has 0 aliphatic carbocycles. The number of halogens is 1. The van der Waals surface area contributed by atoms with Gasteiger partial charge < -0.3 is 14.4 Å². The van der Waals surface area contributed by atoms with Crippen LogP contribution in [0.4, 0.5) is 0 Å². The van der Waals surface area contributed by atoms with Crippen molar-refractivity contribution in [2.75, 3.05) is 34.4 Å². The van der Waals surface area contributed by atoms with Gasteiger partial charge in [-0.3, -0.25) is 4.99 Å². The molecule has 92 valence electrons. The molecule has 0 spiro atoms. The van der Waals surface area contributed by atoms with Crippen LogP contribution >= 0.6 is 15.9 Å². The summed E-state index contributed by atoms with van der Waals surface area (Å²) in [5.74, 6) is 2.38. The van der Waals surface area contributed by atoms with Crippen molar-refractivity contribution in [3.8, 4) is 11.5 Å². The highest BCUT2D eigenvalue weighted by atomic mass is 79.9. The van der Waals surface area contributed by atoms with Gasteiger partial charge in [0.1, 0.15) is 5.84 Å². The van der Waals surface area contributed by atoms with Crippen LogP contribution in [0.2, 0.25) is 0 Å². The second kappa shape index (κ2) is 4.96. The van der Waals surface area contributed by atoms with E-state index in [4.69, 9.17) is 9.47 Å². The van der Waals surface area contributed by atoms with E-state index in [0.717, 1.165) is 34.7 Å². The lowest BCUT2D eigenvalue weighted by atomic mass is 10.1. The van der Waals surface area contributed by atoms with E-state index in [2.05, 4.69) is 25.8 Å². The Morgan fingerprint density at radius 2 is 2.06 bits per heavy atom. The fourth-order valence-corrected chi connectivity index (χ4v) is 2.36. The van der Waals surface area contributed by atoms with Crippen LogP contribution in [0.5, 0.6) is 11.5 Å². The molecule has 0 saturated carbocycles. The lowest BCUT2D eigenvalue weighted by Gasteiger charge is -2.18. The first-order valence-electron chi connectivity index (χ1n) is 5.35. The molecule has 0 saturated heterocycles. The Hall–Kier alpha value is -1.23. The van der Waals surface area contributed by atoms with Crippen molar-refractivity contribution >= 4 is 21.8 Å². The van der Waals surface area contributed by atoms with Crippen LogP contribution in [0, 0.1) is 0 Å². The minimum absolute atomic E-state index is 0.708. The topological polar surface area (TPSA) is 34.1 Å². The second-order valence-electron chi connectivity index (χ2n) is 3.82. The Balaban J connectivity index is 2.55. The monoisotopic (exact) mass is 298 g/mol. The summed E-state index contributed by atoms with van der Waals surface area (Å²) in [5, 5.41) is 0. The molecule has 5 heteroatoms. The number of ether oxygens (including phenoxy) is 2. The third-order valence-electron chi connectivity index (χ3n) is 2.74. The van der Waals surface area contributed by atoms with E-state index >= 15 is 0 Å². The van der Waals surface area contributed by atoms with E-state index in [9.17, 15) is 0 Å². The third-order valence-corrected chi connectivity index (χ3v) is 3.20. The Morgan fingerprint density at radius 1 is 1.29 bits per heavy atom. The van der Waals surface area contributed by atoms with Gasteiger partial charge in [0.15, 0.2) is 11.5 Å². The van der Waals surface area contributed by atoms with E-state index in [0.29, 0.717) is 5.75 Å². The van der Waals surface area contributed by atoms with Crippen LogP contribution in [0.1, 0.15) is 5.56 Å². The smallest absolute Gasteiger partial charge is 0.171 e. The largest absolute Gasteiger partial charge is 0.493 e. The van der Waals surface area contributed by atoms with Gasteiger partial charge in [-0.15, -0.1) is 0 Å². The maximum Gasteiger partial charge on any atom is 0.171 e. The standard InChI is InChI=1S/C12H15BrN2O2/c1-15-5-4-14-12(15)9-6-8(13)7-10(16-2)11(9)17-3/h6-7H,4-5H2,1-3H3. The number of hydrogen-bond donors (Lipinski definition) is 0. The first-order chi connectivity index (χ1) is 8.17. The van der Waals surface area contributed by atoms with Crippen LogP contribution in [0.3, 0.4) is 0 Å². The number of rotatable bonds is 3. The van der Waals surface area contributed by atoms with Crippen LogP contribution in [-0.4, -0.2) is 45.1 Å². The van der Waals surface area contributed by atoms with E-state index in [1.54, 1.807) is 14.2 Å². The van der Waals surface area contributed by atoms with Gasteiger partial charge in [-0.25, -0.2) is 0 Å². The molecule has 1 aromatic carbocycles. The average Bonchev–Trinajstić information content (AvgIpc) is 2.74. The van der Waals surface area contributed by atoms with Gasteiger partial charge in [0, 0.05) is 18.1 Å². The number of methoxy groups -OCH3 is 2. The zero-order valence-corrected chi connectivity index (χ0v) is 11.7. The van der Waals surface area contributed by atoms with Gasteiger partial charge in [0.25, 0.3) is 0 Å². The minimum atomic E-state index is 0.708. The molecule has 17 heavy (non-hydrogen) atoms. The summed E-state index contributed by atoms with van der Waals surface area (Å²) in [5.41, 5.74) is 0.957. The number of nitrogens with zero attached hydrogens (tertiary/aromatic N) is 2. The molecular formula is C12H15BrN2O2. The van der Waals surface area contributed by atoms with Crippen LogP contribution in [-0.2, 0) is 0 Å². The number of aliphatic imine (C=N–C) groups is 1. The highest BCUT2D eigenvalue weighted by Gasteiger charge is 2.21. The van der Waals surface area contributed by atoms with Crippen molar-refractivity contribution in [1.29, 1.82) is 0 Å². The van der Waals surface area contributed by atoms with E-state index in [1.807, 2.05) is 19.2 Å². The van der Waals surface area contributed by atoms with Gasteiger partial charge in [-0.05, 0) is 12.1 Å². The van der Waals surface area contributed by atoms with Gasteiger partial charge in [-0.1, -0.05) is 15.9 Å². The van der Waals surface area contributed by atoms with Crippen LogP contribution < -0.4 is 9.47 Å². The first kappa shape index (κ1) is 12.2. The summed E-state index contributed by atoms with van der Waals surface area (Å²) < 4.78 is 11.7. The number of likely N-dealkylation sites (N-methyl/N-ethyl adjacent to an activating group) is 1. The van der Waals surface area contributed by atoms with Crippen LogP contribution in [0.25, 0.3) is 0 Å². The lowest BCUT2D eigenvalue weighted by molar-refractivity contribution is 0.353. The molecule has 0 N–H and O–H groups in total. The fraction of sp³-hybridized carbons (Fsp3) is 0.417. The molecule has 1 aliphatic heterocycles. The van der Waals surface area contributed by atoms with Gasteiger partial charge in [0.2, 0.25) is 0 Å². The summed E-state index contributed by atoms with van der Waals surface area (Å²) in [6.07, 6.45) is 0. The summed E-state index contributed by atoms with van der Waals surface area (Å²) in [4.78, 5) is 6.61. The predicted molar refractivity (Wildman–Crippen MR) is 71.3 cm³/mol. The molecular weight excluding hydrogens is 284 g/mol. The summed E-state index contributed by atoms with van der Waals surface area (Å²) >= 11 is 3.48. The van der Waals surface area contributed by atoms with E-state index in [-0.39, 0.29) is 0 Å². The zero-order chi connectivity index (χ0) is 12.4. The van der Waals surface area contributed by atoms with Gasteiger partial charge in [-0.2, -0.15) is 0 Å². The third kappa shape index (κ3) is 2.24. The van der Waals surface area contributed by atoms with E-state index < -0.39 is 0 Å². The normalized spacial score (nSPS) is 14.8. The summed E-state index contributed by atoms with van der Waals surface area (Å²) in [6.45, 7) is 1.76. The van der Waals surface area contributed by atoms with Crippen molar-refractivity contribution in [2.24, 2.45) is 4.99 Å². The van der Waals surface area contributed by atoms with Crippen LogP contribution in [0.15, 0.2) is 21.6 Å². The highest BCUT2D eigenvalue weighted by molar-refractivity contribution is 9.10. The fourth-order valence-electron chi connectivity index (χ4n) is 1.92. The van der Waals surface area contributed by atoms with Gasteiger partial charge in [0.05, 0.1) is 26.3 Å². The Bertz CT molecular complexity index is 460. The van der Waals surface area contributed by atoms with Gasteiger partial charge >= 0.3 is 0 Å². The maximum atomic E-state index is 5.43. The predicted octanol–water partition coefficient (Wildman–Crippen LogP) is 2.16. The molecule has 0 atom stereocenters. The Labute approximate surface area is 109 Å². The average molecular weight is 299 g/mol. The quantitative estimate of drug-likeness (QED) is 0.857. The molecule has 0 bridgehead atoms. The molecule has 0 fully saturated rings. The van der Waals surface area contributed by atoms with Crippen molar-refractivity contribution in [1.82, 2.24) is 4.90 Å². The lowest BCUT2D eigenvalue weighted by Crippen LogP contribution is -2.24. The number of hydrogen-bond acceptors (Lipinski definition) is 4. The van der Waals surface area contributed by atoms with Crippen molar-refractivity contribution in [3.05, 3.63) is 22.2 Å². The van der Waals surface area contributed by atoms with Crippen molar-refractivity contribution in [2.45, 2.75) is 0 Å². The molecule has 0 radical (unpaired) electrons. The Morgan fingerprint density at radius 3 is 2.59 bits per heavy atom. The molecule has 0 aromatic heterocycles. The molecule has 1 aromatic rings. The van der Waals surface area contributed by atoms with Crippen molar-refractivity contribution < 1.29 is 9.47 Å². The molecule has 4 nitrogen and oxygen atoms in total.